The third-order valence-corrected chi connectivity index (χ3v) is 4.63. The van der Waals surface area contributed by atoms with E-state index < -0.39 is 0 Å². The largest absolute Gasteiger partial charge is 0.508 e. The van der Waals surface area contributed by atoms with Crippen molar-refractivity contribution in [3.8, 4) is 5.75 Å². The van der Waals surface area contributed by atoms with E-state index in [1.54, 1.807) is 17.4 Å². The summed E-state index contributed by atoms with van der Waals surface area (Å²) in [6.07, 6.45) is 1.97. The Labute approximate surface area is 121 Å². The van der Waals surface area contributed by atoms with Crippen molar-refractivity contribution >= 4 is 22.9 Å². The number of nitrogens with two attached hydrogens (primary N) is 1. The lowest BCUT2D eigenvalue weighted by Gasteiger charge is -2.24. The standard InChI is InChI=1S/C15H16N2O2S/c16-12-6-5-10(18)9-11(12)15(19)17-7-1-3-13(17)14-4-2-8-20-14/h2,4-6,8-9,13,18H,1,3,7,16H2. The molecule has 1 fully saturated rings. The Morgan fingerprint density at radius 2 is 2.25 bits per heavy atom. The van der Waals surface area contributed by atoms with Crippen molar-refractivity contribution in [2.75, 3.05) is 12.3 Å². The summed E-state index contributed by atoms with van der Waals surface area (Å²) in [6.45, 7) is 0.733. The van der Waals surface area contributed by atoms with Gasteiger partial charge in [-0.2, -0.15) is 0 Å². The van der Waals surface area contributed by atoms with Crippen molar-refractivity contribution in [2.45, 2.75) is 18.9 Å². The normalized spacial score (nSPS) is 18.4. The van der Waals surface area contributed by atoms with Gasteiger partial charge in [-0.3, -0.25) is 4.79 Å². The summed E-state index contributed by atoms with van der Waals surface area (Å²) in [5, 5.41) is 11.6. The molecular weight excluding hydrogens is 272 g/mol. The lowest BCUT2D eigenvalue weighted by atomic mass is 10.1. The van der Waals surface area contributed by atoms with Gasteiger partial charge < -0.3 is 15.7 Å². The van der Waals surface area contributed by atoms with Crippen molar-refractivity contribution in [3.05, 3.63) is 46.2 Å². The third-order valence-electron chi connectivity index (χ3n) is 3.65. The number of anilines is 1. The van der Waals surface area contributed by atoms with Gasteiger partial charge in [0.2, 0.25) is 0 Å². The second kappa shape index (κ2) is 5.17. The van der Waals surface area contributed by atoms with Crippen LogP contribution in [0, 0.1) is 0 Å². The number of amides is 1. The highest BCUT2D eigenvalue weighted by atomic mass is 32.1. The number of benzene rings is 1. The molecule has 5 heteroatoms. The van der Waals surface area contributed by atoms with E-state index in [1.807, 2.05) is 16.3 Å². The smallest absolute Gasteiger partial charge is 0.256 e. The number of carbonyl (C=O) groups is 1. The van der Waals surface area contributed by atoms with Crippen LogP contribution in [0.5, 0.6) is 5.75 Å². The molecule has 1 aromatic heterocycles. The molecule has 1 atom stereocenters. The first-order valence-corrected chi connectivity index (χ1v) is 7.47. The van der Waals surface area contributed by atoms with Gasteiger partial charge in [0.1, 0.15) is 5.75 Å². The quantitative estimate of drug-likeness (QED) is 0.659. The van der Waals surface area contributed by atoms with Gasteiger partial charge in [0.25, 0.3) is 5.91 Å². The van der Waals surface area contributed by atoms with Crippen LogP contribution in [0.1, 0.15) is 34.1 Å². The van der Waals surface area contributed by atoms with E-state index in [1.165, 1.54) is 17.0 Å². The van der Waals surface area contributed by atoms with Crippen LogP contribution in [0.25, 0.3) is 0 Å². The maximum Gasteiger partial charge on any atom is 0.256 e. The first kappa shape index (κ1) is 13.0. The number of nitrogens with zero attached hydrogens (tertiary/aromatic N) is 1. The Balaban J connectivity index is 1.91. The third kappa shape index (κ3) is 2.25. The van der Waals surface area contributed by atoms with Crippen molar-refractivity contribution in [3.63, 3.8) is 0 Å². The van der Waals surface area contributed by atoms with E-state index in [2.05, 4.69) is 6.07 Å². The number of likely N-dealkylation sites (tertiary alicyclic amines) is 1. The first-order chi connectivity index (χ1) is 9.66. The molecule has 1 aliphatic heterocycles. The number of phenolic OH excluding ortho intramolecular Hbond substituents is 1. The molecule has 1 saturated heterocycles. The Morgan fingerprint density at radius 3 is 3.00 bits per heavy atom. The van der Waals surface area contributed by atoms with Crippen LogP contribution in [0.2, 0.25) is 0 Å². The van der Waals surface area contributed by atoms with Gasteiger partial charge in [0.05, 0.1) is 11.6 Å². The topological polar surface area (TPSA) is 66.6 Å². The number of aromatic hydroxyl groups is 1. The van der Waals surface area contributed by atoms with E-state index in [9.17, 15) is 9.90 Å². The second-order valence-corrected chi connectivity index (χ2v) is 5.92. The monoisotopic (exact) mass is 288 g/mol. The summed E-state index contributed by atoms with van der Waals surface area (Å²) >= 11 is 1.67. The van der Waals surface area contributed by atoms with Crippen LogP contribution in [-0.4, -0.2) is 22.5 Å². The zero-order valence-corrected chi connectivity index (χ0v) is 11.8. The zero-order valence-electron chi connectivity index (χ0n) is 11.0. The number of rotatable bonds is 2. The molecule has 0 bridgehead atoms. The summed E-state index contributed by atoms with van der Waals surface area (Å²) in [4.78, 5) is 15.7. The van der Waals surface area contributed by atoms with Gasteiger partial charge in [-0.15, -0.1) is 11.3 Å². The van der Waals surface area contributed by atoms with Crippen LogP contribution in [-0.2, 0) is 0 Å². The number of phenols is 1. The van der Waals surface area contributed by atoms with E-state index in [0.717, 1.165) is 19.4 Å². The van der Waals surface area contributed by atoms with Crippen molar-refractivity contribution in [1.82, 2.24) is 4.90 Å². The lowest BCUT2D eigenvalue weighted by molar-refractivity contribution is 0.0738. The fourth-order valence-electron chi connectivity index (χ4n) is 2.67. The average molecular weight is 288 g/mol. The summed E-state index contributed by atoms with van der Waals surface area (Å²) in [5.74, 6) is -0.0382. The van der Waals surface area contributed by atoms with Gasteiger partial charge in [-0.05, 0) is 42.5 Å². The van der Waals surface area contributed by atoms with Gasteiger partial charge in [-0.1, -0.05) is 6.07 Å². The Hall–Kier alpha value is -2.01. The molecule has 0 saturated carbocycles. The molecule has 0 aliphatic carbocycles. The second-order valence-electron chi connectivity index (χ2n) is 4.94. The molecule has 2 aromatic rings. The van der Waals surface area contributed by atoms with Gasteiger partial charge >= 0.3 is 0 Å². The van der Waals surface area contributed by atoms with E-state index >= 15 is 0 Å². The number of nitrogen functional groups attached to an aromatic ring is 1. The highest BCUT2D eigenvalue weighted by molar-refractivity contribution is 7.10. The van der Waals surface area contributed by atoms with Crippen molar-refractivity contribution < 1.29 is 9.90 Å². The SMILES string of the molecule is Nc1ccc(O)cc1C(=O)N1CCCC1c1cccs1. The highest BCUT2D eigenvalue weighted by Crippen LogP contribution is 2.36. The number of thiophene rings is 1. The molecule has 2 heterocycles. The minimum Gasteiger partial charge on any atom is -0.508 e. The molecule has 1 aromatic carbocycles. The maximum absolute atomic E-state index is 12.7. The average Bonchev–Trinajstić information content (AvgIpc) is 3.10. The maximum atomic E-state index is 12.7. The van der Waals surface area contributed by atoms with Gasteiger partial charge in [0, 0.05) is 17.1 Å². The summed E-state index contributed by atoms with van der Waals surface area (Å²) in [6, 6.07) is 8.70. The zero-order chi connectivity index (χ0) is 14.1. The minimum absolute atomic E-state index is 0.0643. The Kier molecular flexibility index (Phi) is 3.36. The number of hydrogen-bond acceptors (Lipinski definition) is 4. The highest BCUT2D eigenvalue weighted by Gasteiger charge is 2.32. The molecule has 104 valence electrons. The van der Waals surface area contributed by atoms with Crippen LogP contribution >= 0.6 is 11.3 Å². The predicted molar refractivity (Wildman–Crippen MR) is 79.8 cm³/mol. The molecular formula is C15H16N2O2S. The van der Waals surface area contributed by atoms with E-state index in [4.69, 9.17) is 5.73 Å². The van der Waals surface area contributed by atoms with Crippen LogP contribution < -0.4 is 5.73 Å². The van der Waals surface area contributed by atoms with Crippen LogP contribution in [0.4, 0.5) is 5.69 Å². The van der Waals surface area contributed by atoms with E-state index in [0.29, 0.717) is 11.3 Å². The molecule has 1 unspecified atom stereocenters. The fraction of sp³-hybridized carbons (Fsp3) is 0.267. The van der Waals surface area contributed by atoms with Crippen molar-refractivity contribution in [1.29, 1.82) is 0 Å². The number of carbonyl (C=O) groups excluding carboxylic acids is 1. The molecule has 1 amide bonds. The molecule has 20 heavy (non-hydrogen) atoms. The molecule has 1 aliphatic rings. The summed E-state index contributed by atoms with van der Waals surface area (Å²) in [7, 11) is 0. The Morgan fingerprint density at radius 1 is 1.40 bits per heavy atom. The molecule has 3 N–H and O–H groups in total. The minimum atomic E-state index is -0.102. The Bertz CT molecular complexity index is 625. The van der Waals surface area contributed by atoms with Crippen molar-refractivity contribution in [2.24, 2.45) is 0 Å². The summed E-state index contributed by atoms with van der Waals surface area (Å²) < 4.78 is 0. The predicted octanol–water partition coefficient (Wildman–Crippen LogP) is 3.01. The summed E-state index contributed by atoms with van der Waals surface area (Å²) in [5.41, 5.74) is 6.66. The van der Waals surface area contributed by atoms with Crippen LogP contribution in [0.15, 0.2) is 35.7 Å². The fourth-order valence-corrected chi connectivity index (χ4v) is 3.54. The first-order valence-electron chi connectivity index (χ1n) is 6.59. The lowest BCUT2D eigenvalue weighted by Crippen LogP contribution is -2.30. The number of hydrogen-bond donors (Lipinski definition) is 2. The molecule has 0 radical (unpaired) electrons. The van der Waals surface area contributed by atoms with Gasteiger partial charge in [-0.25, -0.2) is 0 Å². The molecule has 3 rings (SSSR count). The van der Waals surface area contributed by atoms with Crippen LogP contribution in [0.3, 0.4) is 0 Å². The van der Waals surface area contributed by atoms with E-state index in [-0.39, 0.29) is 17.7 Å². The molecule has 4 nitrogen and oxygen atoms in total. The molecule has 0 spiro atoms. The van der Waals surface area contributed by atoms with Gasteiger partial charge in [0.15, 0.2) is 0 Å².